The number of nitrogens with zero attached hydrogens (tertiary/aromatic N) is 5. The van der Waals surface area contributed by atoms with Gasteiger partial charge in [0.1, 0.15) is 35.8 Å². The monoisotopic (exact) mass is 909 g/mol. The number of aliphatic hydroxyl groups excluding tert-OH is 2. The van der Waals surface area contributed by atoms with E-state index in [1.807, 2.05) is 17.0 Å². The number of piperidine rings is 1. The number of pyridine rings is 1. The van der Waals surface area contributed by atoms with E-state index in [9.17, 15) is 56.1 Å². The van der Waals surface area contributed by atoms with Gasteiger partial charge in [-0.05, 0) is 85.7 Å². The third-order valence-corrected chi connectivity index (χ3v) is 11.1. The first-order valence-corrected chi connectivity index (χ1v) is 20.1. The highest BCUT2D eigenvalue weighted by atomic mass is 19.4. The smallest absolute Gasteiger partial charge is 0.416 e. The Morgan fingerprint density at radius 1 is 0.862 bits per heavy atom. The number of likely N-dealkylation sites (tertiary alicyclic amines) is 1. The molecule has 2 aromatic heterocycles. The standard InChI is InChI=1S/C41H40F5N5O4.C4H6O6/c1-40(2,39(54)55-3)49-22-19-31(20-23-49)50(24-26-9-11-27(12-10-26)28-13-16-30(17-14-28)41(44,45)46)35(52)25-51-34(18-15-29-6-4-8-33(42)36(29)43)48-38(53)32-7-5-21-47-37(32)51;5-1(3(7)8)2(6)4(9)10/h4-14,16-17,21,31H,15,18-20,22-25H2,1-3H3;1-2,5-6H,(H,7,8)(H,9,10)/p-2. The number of aliphatic carboxylic acids is 2. The summed E-state index contributed by atoms with van der Waals surface area (Å²) in [5.74, 6) is -6.61. The predicted molar refractivity (Wildman–Crippen MR) is 218 cm³/mol. The summed E-state index contributed by atoms with van der Waals surface area (Å²) in [5, 5.41) is 35.9. The van der Waals surface area contributed by atoms with E-state index in [1.54, 1.807) is 47.6 Å². The first kappa shape index (κ1) is 49.4. The molecule has 6 rings (SSSR count). The van der Waals surface area contributed by atoms with Gasteiger partial charge in [-0.1, -0.05) is 48.5 Å². The van der Waals surface area contributed by atoms with Crippen LogP contribution in [-0.2, 0) is 56.0 Å². The van der Waals surface area contributed by atoms with E-state index in [4.69, 9.17) is 14.9 Å². The van der Waals surface area contributed by atoms with Crippen molar-refractivity contribution in [2.75, 3.05) is 20.2 Å². The molecule has 0 aliphatic carbocycles. The summed E-state index contributed by atoms with van der Waals surface area (Å²) in [4.78, 5) is 72.0. The van der Waals surface area contributed by atoms with Crippen LogP contribution in [0, 0.1) is 11.6 Å². The van der Waals surface area contributed by atoms with Gasteiger partial charge < -0.3 is 44.2 Å². The molecule has 1 saturated heterocycles. The minimum atomic E-state index is -4.45. The van der Waals surface area contributed by atoms with E-state index >= 15 is 0 Å². The zero-order valence-electron chi connectivity index (χ0n) is 35.3. The van der Waals surface area contributed by atoms with Crippen LogP contribution >= 0.6 is 0 Å². The number of hydrogen-bond donors (Lipinski definition) is 2. The second-order valence-corrected chi connectivity index (χ2v) is 15.6. The number of alkyl halides is 3. The van der Waals surface area contributed by atoms with Gasteiger partial charge in [0.25, 0.3) is 5.56 Å². The van der Waals surface area contributed by atoms with Gasteiger partial charge in [0.15, 0.2) is 11.6 Å². The van der Waals surface area contributed by atoms with E-state index < -0.39 is 58.6 Å². The number of carbonyl (C=O) groups is 4. The minimum Gasteiger partial charge on any atom is -0.547 e. The Balaban J connectivity index is 0.000000709. The van der Waals surface area contributed by atoms with Gasteiger partial charge in [0, 0.05) is 38.3 Å². The van der Waals surface area contributed by atoms with E-state index in [2.05, 4.69) is 9.97 Å². The number of carbonyl (C=O) groups excluding carboxylic acids is 4. The van der Waals surface area contributed by atoms with Crippen molar-refractivity contribution in [3.05, 3.63) is 130 Å². The van der Waals surface area contributed by atoms with Gasteiger partial charge in [-0.15, -0.1) is 0 Å². The number of halogens is 5. The first-order valence-electron chi connectivity index (χ1n) is 20.1. The number of aliphatic hydroxyl groups is 2. The summed E-state index contributed by atoms with van der Waals surface area (Å²) in [6, 6.07) is 18.8. The number of aryl methyl sites for hydroxylation is 2. The Labute approximate surface area is 368 Å². The Kier molecular flexibility index (Phi) is 15.9. The SMILES string of the molecule is COC(=O)C(C)(C)N1CCC(N(Cc2ccc(-c3ccc(C(F)(F)F)cc3)cc2)C(=O)Cn2c(CCc3cccc(F)c3F)nc(=O)c3cccnc32)CC1.O=C([O-])C(O)C(O)C(=O)[O-]. The molecule has 1 fully saturated rings. The lowest BCUT2D eigenvalue weighted by Gasteiger charge is -2.44. The maximum absolute atomic E-state index is 14.6. The third kappa shape index (κ3) is 11.9. The molecule has 2 unspecified atom stereocenters. The molecule has 346 valence electrons. The van der Waals surface area contributed by atoms with Crippen molar-refractivity contribution < 1.29 is 66.3 Å². The van der Waals surface area contributed by atoms with Crippen LogP contribution in [0.2, 0.25) is 0 Å². The van der Waals surface area contributed by atoms with Crippen LogP contribution in [0.4, 0.5) is 22.0 Å². The minimum absolute atomic E-state index is 0.00595. The van der Waals surface area contributed by atoms with Crippen LogP contribution < -0.4 is 15.8 Å². The number of aromatic nitrogens is 3. The van der Waals surface area contributed by atoms with Crippen molar-refractivity contribution in [1.82, 2.24) is 24.3 Å². The lowest BCUT2D eigenvalue weighted by molar-refractivity contribution is -0.333. The molecule has 3 aromatic carbocycles. The van der Waals surface area contributed by atoms with Gasteiger partial charge in [0.2, 0.25) is 5.91 Å². The topological polar surface area (TPSA) is 218 Å². The molecule has 15 nitrogen and oxygen atoms in total. The Hall–Kier alpha value is -6.64. The van der Waals surface area contributed by atoms with Gasteiger partial charge >= 0.3 is 12.1 Å². The fourth-order valence-electron chi connectivity index (χ4n) is 7.36. The van der Waals surface area contributed by atoms with Crippen LogP contribution in [0.3, 0.4) is 0 Å². The summed E-state index contributed by atoms with van der Waals surface area (Å²) in [6.45, 7) is 4.49. The van der Waals surface area contributed by atoms with Gasteiger partial charge in [-0.25, -0.2) is 13.8 Å². The predicted octanol–water partition coefficient (Wildman–Crippen LogP) is 2.19. The molecule has 2 N–H and O–H groups in total. The number of ether oxygens (including phenoxy) is 1. The van der Waals surface area contributed by atoms with Gasteiger partial charge in [-0.2, -0.15) is 18.2 Å². The molecule has 0 radical (unpaired) electrons. The van der Waals surface area contributed by atoms with Crippen molar-refractivity contribution in [2.45, 2.75) is 82.6 Å². The number of rotatable bonds is 14. The highest BCUT2D eigenvalue weighted by molar-refractivity contribution is 5.82. The number of benzene rings is 3. The van der Waals surface area contributed by atoms with Crippen molar-refractivity contribution in [3.8, 4) is 11.1 Å². The lowest BCUT2D eigenvalue weighted by Crippen LogP contribution is -2.56. The molecular weight excluding hydrogens is 866 g/mol. The number of methoxy groups -OCH3 is 1. The maximum atomic E-state index is 14.6. The zero-order chi connectivity index (χ0) is 47.8. The fourth-order valence-corrected chi connectivity index (χ4v) is 7.36. The zero-order valence-corrected chi connectivity index (χ0v) is 35.3. The van der Waals surface area contributed by atoms with Crippen LogP contribution in [0.15, 0.2) is 89.9 Å². The first-order chi connectivity index (χ1) is 30.6. The second-order valence-electron chi connectivity index (χ2n) is 15.6. The highest BCUT2D eigenvalue weighted by Crippen LogP contribution is 2.32. The Morgan fingerprint density at radius 2 is 1.45 bits per heavy atom. The molecule has 20 heteroatoms. The number of esters is 1. The van der Waals surface area contributed by atoms with Crippen LogP contribution in [0.25, 0.3) is 22.2 Å². The summed E-state index contributed by atoms with van der Waals surface area (Å²) >= 11 is 0. The maximum Gasteiger partial charge on any atom is 0.416 e. The normalized spacial score (nSPS) is 14.5. The van der Waals surface area contributed by atoms with E-state index in [-0.39, 0.29) is 66.3 Å². The van der Waals surface area contributed by atoms with E-state index in [1.165, 1.54) is 37.6 Å². The molecule has 3 heterocycles. The van der Waals surface area contributed by atoms with Crippen LogP contribution in [0.5, 0.6) is 0 Å². The molecule has 2 atom stereocenters. The molecule has 65 heavy (non-hydrogen) atoms. The molecule has 1 amide bonds. The molecule has 0 saturated carbocycles. The molecule has 5 aromatic rings. The third-order valence-electron chi connectivity index (χ3n) is 11.1. The van der Waals surface area contributed by atoms with E-state index in [0.717, 1.165) is 23.8 Å². The Morgan fingerprint density at radius 3 is 2.00 bits per heavy atom. The van der Waals surface area contributed by atoms with Gasteiger partial charge in [0.05, 0.1) is 30.0 Å². The summed E-state index contributed by atoms with van der Waals surface area (Å²) in [5.41, 5.74) is 0.195. The quantitative estimate of drug-likeness (QED) is 0.121. The second kappa shape index (κ2) is 20.9. The molecule has 0 bridgehead atoms. The van der Waals surface area contributed by atoms with Gasteiger partial charge in [-0.3, -0.25) is 19.3 Å². The van der Waals surface area contributed by atoms with Crippen LogP contribution in [-0.4, -0.2) is 102 Å². The van der Waals surface area contributed by atoms with E-state index in [0.29, 0.717) is 37.1 Å². The number of carboxylic acid groups (broad SMARTS) is 2. The molecular formula is C45H44F5N5O10-2. The van der Waals surface area contributed by atoms with Crippen molar-refractivity contribution in [2.24, 2.45) is 0 Å². The average molecular weight is 910 g/mol. The number of fused-ring (bicyclic) bond motifs is 1. The summed E-state index contributed by atoms with van der Waals surface area (Å²) in [7, 11) is 1.34. The largest absolute Gasteiger partial charge is 0.547 e. The number of hydrogen-bond acceptors (Lipinski definition) is 13. The average Bonchev–Trinajstić information content (AvgIpc) is 3.29. The molecule has 1 aliphatic heterocycles. The summed E-state index contributed by atoms with van der Waals surface area (Å²) < 4.78 is 74.6. The summed E-state index contributed by atoms with van der Waals surface area (Å²) in [6.07, 6.45) is -6.75. The number of carboxylic acids is 2. The van der Waals surface area contributed by atoms with Crippen LogP contribution in [0.1, 0.15) is 49.2 Å². The highest BCUT2D eigenvalue weighted by Gasteiger charge is 2.39. The molecule has 0 spiro atoms. The number of amides is 1. The van der Waals surface area contributed by atoms with Crippen molar-refractivity contribution in [1.29, 1.82) is 0 Å². The fraction of sp³-hybridized carbons (Fsp3) is 0.356. The lowest BCUT2D eigenvalue weighted by atomic mass is 9.95. The van der Waals surface area contributed by atoms with Crippen molar-refractivity contribution >= 4 is 34.8 Å². The molecule has 1 aliphatic rings. The Bertz CT molecular complexity index is 2550. The van der Waals surface area contributed by atoms with Crippen molar-refractivity contribution in [3.63, 3.8) is 0 Å².